The topological polar surface area (TPSA) is 41.1 Å². The van der Waals surface area contributed by atoms with Gasteiger partial charge in [-0.3, -0.25) is 4.79 Å². The Morgan fingerprint density at radius 3 is 2.83 bits per heavy atom. The van der Waals surface area contributed by atoms with Gasteiger partial charge in [0.25, 0.3) is 0 Å². The Kier molecular flexibility index (Phi) is 5.20. The molecule has 2 rings (SSSR count). The van der Waals surface area contributed by atoms with Crippen LogP contribution in [0, 0.1) is 0 Å². The summed E-state index contributed by atoms with van der Waals surface area (Å²) >= 11 is 3.40. The zero-order valence-electron chi connectivity index (χ0n) is 10.4. The van der Waals surface area contributed by atoms with Gasteiger partial charge in [-0.05, 0) is 43.5 Å². The van der Waals surface area contributed by atoms with Crippen LogP contribution in [0.4, 0.5) is 0 Å². The maximum Gasteiger partial charge on any atom is 0.220 e. The normalized spacial score (nSPS) is 18.8. The van der Waals surface area contributed by atoms with E-state index in [2.05, 4.69) is 38.7 Å². The second kappa shape index (κ2) is 6.90. The summed E-state index contributed by atoms with van der Waals surface area (Å²) in [6.45, 7) is 1.85. The van der Waals surface area contributed by atoms with Crippen LogP contribution in [-0.4, -0.2) is 25.0 Å². The van der Waals surface area contributed by atoms with E-state index >= 15 is 0 Å². The summed E-state index contributed by atoms with van der Waals surface area (Å²) < 4.78 is 1.07. The smallest absolute Gasteiger partial charge is 0.220 e. The third-order valence-corrected chi connectivity index (χ3v) is 3.79. The minimum Gasteiger partial charge on any atom is -0.355 e. The van der Waals surface area contributed by atoms with Gasteiger partial charge in [-0.2, -0.15) is 0 Å². The highest BCUT2D eigenvalue weighted by molar-refractivity contribution is 9.10. The summed E-state index contributed by atoms with van der Waals surface area (Å²) in [5, 5.41) is 6.37. The fraction of sp³-hybridized carbons (Fsp3) is 0.500. The Labute approximate surface area is 116 Å². The maximum absolute atomic E-state index is 11.7. The van der Waals surface area contributed by atoms with Crippen molar-refractivity contribution in [3.05, 3.63) is 34.3 Å². The van der Waals surface area contributed by atoms with Crippen molar-refractivity contribution >= 4 is 21.8 Å². The van der Waals surface area contributed by atoms with E-state index in [0.29, 0.717) is 12.5 Å². The zero-order chi connectivity index (χ0) is 12.8. The molecule has 0 bridgehead atoms. The molecule has 1 aliphatic rings. The van der Waals surface area contributed by atoms with Crippen LogP contribution in [0.15, 0.2) is 28.7 Å². The zero-order valence-corrected chi connectivity index (χ0v) is 12.0. The van der Waals surface area contributed by atoms with Gasteiger partial charge in [0.15, 0.2) is 0 Å². The first-order chi connectivity index (χ1) is 8.74. The summed E-state index contributed by atoms with van der Waals surface area (Å²) in [6, 6.07) is 8.60. The molecule has 98 valence electrons. The van der Waals surface area contributed by atoms with Gasteiger partial charge in [0.2, 0.25) is 5.91 Å². The van der Waals surface area contributed by atoms with Crippen LogP contribution in [0.3, 0.4) is 0 Å². The number of hydrogen-bond acceptors (Lipinski definition) is 2. The molecule has 0 spiro atoms. The number of nitrogens with one attached hydrogen (secondary N) is 2. The summed E-state index contributed by atoms with van der Waals surface area (Å²) in [6.07, 6.45) is 3.76. The van der Waals surface area contributed by atoms with Crippen molar-refractivity contribution in [3.63, 3.8) is 0 Å². The molecule has 1 unspecified atom stereocenters. The monoisotopic (exact) mass is 310 g/mol. The van der Waals surface area contributed by atoms with Crippen molar-refractivity contribution in [1.29, 1.82) is 0 Å². The van der Waals surface area contributed by atoms with Crippen LogP contribution < -0.4 is 10.6 Å². The van der Waals surface area contributed by atoms with Crippen LogP contribution in [0.25, 0.3) is 0 Å². The number of aryl methyl sites for hydroxylation is 1. The molecule has 18 heavy (non-hydrogen) atoms. The van der Waals surface area contributed by atoms with Crippen molar-refractivity contribution < 1.29 is 4.79 Å². The van der Waals surface area contributed by atoms with E-state index in [-0.39, 0.29) is 5.91 Å². The van der Waals surface area contributed by atoms with Gasteiger partial charge >= 0.3 is 0 Å². The van der Waals surface area contributed by atoms with E-state index in [0.717, 1.165) is 24.0 Å². The molecule has 3 nitrogen and oxygen atoms in total. The third kappa shape index (κ3) is 4.42. The standard InChI is InChI=1S/C14H19BrN2O/c15-12-6-3-11(4-7-12)5-8-14(18)17-10-13-2-1-9-16-13/h3-4,6-7,13,16H,1-2,5,8-10H2,(H,17,18). The summed E-state index contributed by atoms with van der Waals surface area (Å²) in [7, 11) is 0. The number of benzene rings is 1. The van der Waals surface area contributed by atoms with Crippen molar-refractivity contribution in [2.45, 2.75) is 31.7 Å². The lowest BCUT2D eigenvalue weighted by Crippen LogP contribution is -2.37. The molecule has 1 saturated heterocycles. The molecule has 0 aliphatic carbocycles. The molecule has 1 atom stereocenters. The molecular formula is C14H19BrN2O. The molecule has 1 amide bonds. The highest BCUT2D eigenvalue weighted by atomic mass is 79.9. The van der Waals surface area contributed by atoms with E-state index < -0.39 is 0 Å². The second-order valence-corrected chi connectivity index (χ2v) is 5.64. The predicted molar refractivity (Wildman–Crippen MR) is 76.5 cm³/mol. The largest absolute Gasteiger partial charge is 0.355 e. The van der Waals surface area contributed by atoms with E-state index in [4.69, 9.17) is 0 Å². The minimum absolute atomic E-state index is 0.145. The summed E-state index contributed by atoms with van der Waals surface area (Å²) in [5.74, 6) is 0.145. The van der Waals surface area contributed by atoms with Gasteiger partial charge in [0.1, 0.15) is 0 Å². The van der Waals surface area contributed by atoms with Crippen LogP contribution in [0.5, 0.6) is 0 Å². The summed E-state index contributed by atoms with van der Waals surface area (Å²) in [5.41, 5.74) is 1.20. The molecule has 0 radical (unpaired) electrons. The van der Waals surface area contributed by atoms with Gasteiger partial charge in [-0.25, -0.2) is 0 Å². The average molecular weight is 311 g/mol. The number of carbonyl (C=O) groups excluding carboxylic acids is 1. The number of halogens is 1. The lowest BCUT2D eigenvalue weighted by molar-refractivity contribution is -0.121. The third-order valence-electron chi connectivity index (χ3n) is 3.26. The van der Waals surface area contributed by atoms with Crippen LogP contribution >= 0.6 is 15.9 Å². The SMILES string of the molecule is O=C(CCc1ccc(Br)cc1)NCC1CCCN1. The van der Waals surface area contributed by atoms with E-state index in [1.165, 1.54) is 18.4 Å². The molecule has 1 aliphatic heterocycles. The minimum atomic E-state index is 0.145. The first-order valence-electron chi connectivity index (χ1n) is 6.48. The lowest BCUT2D eigenvalue weighted by atomic mass is 10.1. The van der Waals surface area contributed by atoms with Gasteiger partial charge in [-0.1, -0.05) is 28.1 Å². The highest BCUT2D eigenvalue weighted by Crippen LogP contribution is 2.11. The van der Waals surface area contributed by atoms with E-state index in [9.17, 15) is 4.79 Å². The molecule has 1 heterocycles. The fourth-order valence-corrected chi connectivity index (χ4v) is 2.43. The molecule has 2 N–H and O–H groups in total. The van der Waals surface area contributed by atoms with Crippen molar-refractivity contribution in [2.75, 3.05) is 13.1 Å². The first kappa shape index (κ1) is 13.6. The molecular weight excluding hydrogens is 292 g/mol. The highest BCUT2D eigenvalue weighted by Gasteiger charge is 2.14. The van der Waals surface area contributed by atoms with Gasteiger partial charge in [0.05, 0.1) is 0 Å². The quantitative estimate of drug-likeness (QED) is 0.876. The predicted octanol–water partition coefficient (Wildman–Crippen LogP) is 2.25. The molecule has 1 aromatic carbocycles. The van der Waals surface area contributed by atoms with Gasteiger partial charge < -0.3 is 10.6 Å². The number of rotatable bonds is 5. The van der Waals surface area contributed by atoms with Crippen molar-refractivity contribution in [1.82, 2.24) is 10.6 Å². The fourth-order valence-electron chi connectivity index (χ4n) is 2.17. The summed E-state index contributed by atoms with van der Waals surface area (Å²) in [4.78, 5) is 11.7. The van der Waals surface area contributed by atoms with Crippen LogP contribution in [0.1, 0.15) is 24.8 Å². The molecule has 0 saturated carbocycles. The Balaban J connectivity index is 1.66. The van der Waals surface area contributed by atoms with Crippen LogP contribution in [-0.2, 0) is 11.2 Å². The Bertz CT molecular complexity index is 385. The van der Waals surface area contributed by atoms with E-state index in [1.807, 2.05) is 12.1 Å². The second-order valence-electron chi connectivity index (χ2n) is 4.72. The van der Waals surface area contributed by atoms with Crippen molar-refractivity contribution in [3.8, 4) is 0 Å². The molecule has 0 aromatic heterocycles. The first-order valence-corrected chi connectivity index (χ1v) is 7.28. The average Bonchev–Trinajstić information content (AvgIpc) is 2.89. The number of hydrogen-bond donors (Lipinski definition) is 2. The maximum atomic E-state index is 11.7. The molecule has 4 heteroatoms. The molecule has 1 fully saturated rings. The number of amides is 1. The van der Waals surface area contributed by atoms with E-state index in [1.54, 1.807) is 0 Å². The van der Waals surface area contributed by atoms with Crippen molar-refractivity contribution in [2.24, 2.45) is 0 Å². The lowest BCUT2D eigenvalue weighted by Gasteiger charge is -2.11. The van der Waals surface area contributed by atoms with Gasteiger partial charge in [0, 0.05) is 23.5 Å². The van der Waals surface area contributed by atoms with Gasteiger partial charge in [-0.15, -0.1) is 0 Å². The Morgan fingerprint density at radius 2 is 2.17 bits per heavy atom. The Morgan fingerprint density at radius 1 is 1.39 bits per heavy atom. The number of carbonyl (C=O) groups is 1. The Hall–Kier alpha value is -0.870. The molecule has 1 aromatic rings. The van der Waals surface area contributed by atoms with Crippen LogP contribution in [0.2, 0.25) is 0 Å².